The molecule has 0 radical (unpaired) electrons. The fourth-order valence-electron chi connectivity index (χ4n) is 1.62. The molecule has 0 fully saturated rings. The summed E-state index contributed by atoms with van der Waals surface area (Å²) < 4.78 is 5.14. The number of nitrogens with one attached hydrogen (secondary N) is 2. The largest absolute Gasteiger partial charge is 0.444 e. The van der Waals surface area contributed by atoms with Crippen molar-refractivity contribution in [3.8, 4) is 0 Å². The SMILES string of the molecule is Cc1cc(NCCCNC(=O)OC(C)(C)C)nc(C)n1. The van der Waals surface area contributed by atoms with Crippen LogP contribution in [0.5, 0.6) is 0 Å². The summed E-state index contributed by atoms with van der Waals surface area (Å²) in [7, 11) is 0. The van der Waals surface area contributed by atoms with Crippen molar-refractivity contribution in [2.45, 2.75) is 46.6 Å². The number of carbonyl (C=O) groups excluding carboxylic acids is 1. The molecule has 0 atom stereocenters. The molecule has 0 saturated carbocycles. The lowest BCUT2D eigenvalue weighted by atomic mass is 10.2. The predicted octanol–water partition coefficient (Wildman–Crippen LogP) is 2.42. The molecule has 0 aliphatic carbocycles. The first-order valence-electron chi connectivity index (χ1n) is 6.79. The van der Waals surface area contributed by atoms with E-state index in [1.165, 1.54) is 0 Å². The number of rotatable bonds is 5. The van der Waals surface area contributed by atoms with Crippen LogP contribution in [0.25, 0.3) is 0 Å². The molecule has 2 N–H and O–H groups in total. The van der Waals surface area contributed by atoms with Gasteiger partial charge in [-0.25, -0.2) is 14.8 Å². The average Bonchev–Trinajstić information content (AvgIpc) is 2.24. The second kappa shape index (κ2) is 7.07. The molecule has 1 heterocycles. The van der Waals surface area contributed by atoms with Gasteiger partial charge in [-0.1, -0.05) is 0 Å². The van der Waals surface area contributed by atoms with Gasteiger partial charge in [-0.2, -0.15) is 0 Å². The summed E-state index contributed by atoms with van der Waals surface area (Å²) in [5.74, 6) is 1.56. The summed E-state index contributed by atoms with van der Waals surface area (Å²) in [5.41, 5.74) is 0.477. The van der Waals surface area contributed by atoms with Gasteiger partial charge in [0.15, 0.2) is 0 Å². The fourth-order valence-corrected chi connectivity index (χ4v) is 1.62. The summed E-state index contributed by atoms with van der Waals surface area (Å²) in [6.07, 6.45) is 0.410. The van der Waals surface area contributed by atoms with Crippen LogP contribution >= 0.6 is 0 Å². The van der Waals surface area contributed by atoms with E-state index in [1.807, 2.05) is 40.7 Å². The van der Waals surface area contributed by atoms with E-state index in [0.29, 0.717) is 6.54 Å². The molecule has 0 aliphatic heterocycles. The van der Waals surface area contributed by atoms with Crippen LogP contribution in [0, 0.1) is 13.8 Å². The Hall–Kier alpha value is -1.85. The van der Waals surface area contributed by atoms with Crippen LogP contribution in [0.2, 0.25) is 0 Å². The number of aryl methyl sites for hydroxylation is 2. The van der Waals surface area contributed by atoms with Gasteiger partial charge in [0.1, 0.15) is 17.2 Å². The van der Waals surface area contributed by atoms with Crippen LogP contribution in [0.15, 0.2) is 6.07 Å². The van der Waals surface area contributed by atoms with Gasteiger partial charge < -0.3 is 15.4 Å². The number of nitrogens with zero attached hydrogens (tertiary/aromatic N) is 2. The second-order valence-electron chi connectivity index (χ2n) is 5.65. The number of ether oxygens (including phenoxy) is 1. The molecular weight excluding hydrogens is 256 g/mol. The maximum Gasteiger partial charge on any atom is 0.407 e. The zero-order chi connectivity index (χ0) is 15.2. The van der Waals surface area contributed by atoms with Crippen molar-refractivity contribution in [1.29, 1.82) is 0 Å². The summed E-state index contributed by atoms with van der Waals surface area (Å²) >= 11 is 0. The van der Waals surface area contributed by atoms with Gasteiger partial charge in [0, 0.05) is 24.8 Å². The van der Waals surface area contributed by atoms with E-state index in [0.717, 1.165) is 30.3 Å². The Bertz CT molecular complexity index is 435. The van der Waals surface area contributed by atoms with E-state index in [1.54, 1.807) is 0 Å². The molecule has 1 rings (SSSR count). The Labute approximate surface area is 120 Å². The lowest BCUT2D eigenvalue weighted by molar-refractivity contribution is 0.0528. The standard InChI is InChI=1S/C14H24N4O2/c1-10-9-12(18-11(2)17-10)15-7-6-8-16-13(19)20-14(3,4)5/h9H,6-8H2,1-5H3,(H,16,19)(H,15,17,18). The zero-order valence-electron chi connectivity index (χ0n) is 12.9. The highest BCUT2D eigenvalue weighted by Crippen LogP contribution is 2.07. The molecule has 0 bridgehead atoms. The number of hydrogen-bond donors (Lipinski definition) is 2. The summed E-state index contributed by atoms with van der Waals surface area (Å²) in [4.78, 5) is 19.9. The van der Waals surface area contributed by atoms with E-state index in [-0.39, 0.29) is 6.09 Å². The molecule has 0 spiro atoms. The molecule has 1 amide bonds. The van der Waals surface area contributed by atoms with E-state index in [4.69, 9.17) is 4.74 Å². The number of anilines is 1. The minimum absolute atomic E-state index is 0.383. The van der Waals surface area contributed by atoms with E-state index in [9.17, 15) is 4.79 Å². The van der Waals surface area contributed by atoms with E-state index in [2.05, 4.69) is 20.6 Å². The van der Waals surface area contributed by atoms with Crippen molar-refractivity contribution < 1.29 is 9.53 Å². The number of hydrogen-bond acceptors (Lipinski definition) is 5. The Morgan fingerprint density at radius 2 is 1.95 bits per heavy atom. The van der Waals surface area contributed by atoms with Crippen LogP contribution < -0.4 is 10.6 Å². The molecule has 0 aromatic carbocycles. The highest BCUT2D eigenvalue weighted by atomic mass is 16.6. The molecule has 20 heavy (non-hydrogen) atoms. The molecule has 0 saturated heterocycles. The monoisotopic (exact) mass is 280 g/mol. The smallest absolute Gasteiger partial charge is 0.407 e. The maximum atomic E-state index is 11.4. The third kappa shape index (κ3) is 6.92. The fraction of sp³-hybridized carbons (Fsp3) is 0.643. The Balaban J connectivity index is 2.20. The number of alkyl carbamates (subject to hydrolysis) is 1. The van der Waals surface area contributed by atoms with Crippen molar-refractivity contribution in [3.05, 3.63) is 17.6 Å². The summed E-state index contributed by atoms with van der Waals surface area (Å²) in [5, 5.41) is 5.92. The van der Waals surface area contributed by atoms with E-state index < -0.39 is 5.60 Å². The number of aromatic nitrogens is 2. The van der Waals surface area contributed by atoms with Crippen molar-refractivity contribution in [1.82, 2.24) is 15.3 Å². The van der Waals surface area contributed by atoms with Crippen LogP contribution in [-0.4, -0.2) is 34.8 Å². The van der Waals surface area contributed by atoms with Gasteiger partial charge in [-0.05, 0) is 41.0 Å². The molecular formula is C14H24N4O2. The van der Waals surface area contributed by atoms with Gasteiger partial charge in [-0.15, -0.1) is 0 Å². The normalized spacial score (nSPS) is 11.1. The quantitative estimate of drug-likeness (QED) is 0.810. The van der Waals surface area contributed by atoms with Gasteiger partial charge >= 0.3 is 6.09 Å². The summed E-state index contributed by atoms with van der Waals surface area (Å²) in [6.45, 7) is 10.6. The van der Waals surface area contributed by atoms with Crippen molar-refractivity contribution in [2.75, 3.05) is 18.4 Å². The van der Waals surface area contributed by atoms with Crippen molar-refractivity contribution >= 4 is 11.9 Å². The van der Waals surface area contributed by atoms with Crippen LogP contribution in [0.1, 0.15) is 38.7 Å². The molecule has 112 valence electrons. The number of amides is 1. The molecule has 1 aromatic rings. The zero-order valence-corrected chi connectivity index (χ0v) is 12.9. The lowest BCUT2D eigenvalue weighted by Crippen LogP contribution is -2.33. The Kier molecular flexibility index (Phi) is 5.73. The first-order valence-corrected chi connectivity index (χ1v) is 6.79. The van der Waals surface area contributed by atoms with Crippen LogP contribution in [0.3, 0.4) is 0 Å². The minimum atomic E-state index is -0.460. The third-order valence-electron chi connectivity index (χ3n) is 2.29. The molecule has 6 heteroatoms. The average molecular weight is 280 g/mol. The molecule has 0 unspecified atom stereocenters. The van der Waals surface area contributed by atoms with Gasteiger partial charge in [0.05, 0.1) is 0 Å². The van der Waals surface area contributed by atoms with Gasteiger partial charge in [0.25, 0.3) is 0 Å². The summed E-state index contributed by atoms with van der Waals surface area (Å²) in [6, 6.07) is 1.90. The van der Waals surface area contributed by atoms with Gasteiger partial charge in [-0.3, -0.25) is 0 Å². The molecule has 6 nitrogen and oxygen atoms in total. The van der Waals surface area contributed by atoms with Crippen molar-refractivity contribution in [3.63, 3.8) is 0 Å². The maximum absolute atomic E-state index is 11.4. The van der Waals surface area contributed by atoms with Gasteiger partial charge in [0.2, 0.25) is 0 Å². The Morgan fingerprint density at radius 3 is 2.55 bits per heavy atom. The first-order chi connectivity index (χ1) is 9.26. The first kappa shape index (κ1) is 16.2. The number of carbonyl (C=O) groups is 1. The van der Waals surface area contributed by atoms with E-state index >= 15 is 0 Å². The predicted molar refractivity (Wildman–Crippen MR) is 78.8 cm³/mol. The Morgan fingerprint density at radius 1 is 1.25 bits per heavy atom. The molecule has 0 aliphatic rings. The van der Waals surface area contributed by atoms with Crippen LogP contribution in [0.4, 0.5) is 10.6 Å². The highest BCUT2D eigenvalue weighted by Gasteiger charge is 2.15. The van der Waals surface area contributed by atoms with Crippen LogP contribution in [-0.2, 0) is 4.74 Å². The third-order valence-corrected chi connectivity index (χ3v) is 2.29. The molecule has 1 aromatic heterocycles. The highest BCUT2D eigenvalue weighted by molar-refractivity contribution is 5.67. The second-order valence-corrected chi connectivity index (χ2v) is 5.65. The topological polar surface area (TPSA) is 76.1 Å². The lowest BCUT2D eigenvalue weighted by Gasteiger charge is -2.19. The minimum Gasteiger partial charge on any atom is -0.444 e. The van der Waals surface area contributed by atoms with Crippen molar-refractivity contribution in [2.24, 2.45) is 0 Å².